The molecule has 1 unspecified atom stereocenters. The molecule has 0 fully saturated rings. The van der Waals surface area contributed by atoms with Gasteiger partial charge in [-0.2, -0.15) is 0 Å². The van der Waals surface area contributed by atoms with Crippen LogP contribution in [0.3, 0.4) is 0 Å². The van der Waals surface area contributed by atoms with Gasteiger partial charge in [0.05, 0.1) is 20.2 Å². The molecule has 1 atom stereocenters. The van der Waals surface area contributed by atoms with Crippen molar-refractivity contribution >= 4 is 35.9 Å². The van der Waals surface area contributed by atoms with Gasteiger partial charge >= 0.3 is 5.97 Å². The van der Waals surface area contributed by atoms with E-state index in [4.69, 9.17) is 13.9 Å². The molecule has 0 aliphatic carbocycles. The number of para-hydroxylation sites is 1. The number of aryl methyl sites for hydroxylation is 1. The van der Waals surface area contributed by atoms with Gasteiger partial charge < -0.3 is 24.5 Å². The Morgan fingerprint density at radius 2 is 2.04 bits per heavy atom. The Balaban J connectivity index is 0.00000392. The molecule has 0 amide bonds. The number of guanidine groups is 1. The summed E-state index contributed by atoms with van der Waals surface area (Å²) in [7, 11) is 2.95. The number of aliphatic imine (C=N–C) groups is 1. The molecule has 7 nitrogen and oxygen atoms in total. The van der Waals surface area contributed by atoms with Crippen molar-refractivity contribution in [1.82, 2.24) is 10.6 Å². The minimum atomic E-state index is -0.441. The van der Waals surface area contributed by atoms with E-state index in [1.54, 1.807) is 38.2 Å². The van der Waals surface area contributed by atoms with Gasteiger partial charge in [-0.3, -0.25) is 4.99 Å². The van der Waals surface area contributed by atoms with Gasteiger partial charge in [0.2, 0.25) is 0 Å². The fourth-order valence-electron chi connectivity index (χ4n) is 2.37. The lowest BCUT2D eigenvalue weighted by Crippen LogP contribution is -2.41. The lowest BCUT2D eigenvalue weighted by Gasteiger charge is -2.17. The zero-order chi connectivity index (χ0) is 19.8. The molecule has 0 saturated heterocycles. The zero-order valence-electron chi connectivity index (χ0n) is 16.2. The molecular weight excluding hydrogens is 480 g/mol. The maximum Gasteiger partial charge on any atom is 0.341 e. The molecule has 9 heteroatoms. The summed E-state index contributed by atoms with van der Waals surface area (Å²) in [5, 5.41) is 6.17. The summed E-state index contributed by atoms with van der Waals surface area (Å²) in [6, 6.07) is 7.89. The van der Waals surface area contributed by atoms with E-state index in [1.165, 1.54) is 13.2 Å². The highest BCUT2D eigenvalue weighted by atomic mass is 127. The number of carbonyl (C=O) groups is 1. The van der Waals surface area contributed by atoms with E-state index in [-0.39, 0.29) is 35.8 Å². The van der Waals surface area contributed by atoms with Crippen LogP contribution >= 0.6 is 24.0 Å². The average Bonchev–Trinajstić information content (AvgIpc) is 3.03. The molecule has 28 heavy (non-hydrogen) atoms. The second-order valence-electron chi connectivity index (χ2n) is 5.84. The minimum Gasteiger partial charge on any atom is -0.486 e. The van der Waals surface area contributed by atoms with Gasteiger partial charge in [0.15, 0.2) is 17.5 Å². The van der Waals surface area contributed by atoms with Crippen LogP contribution in [-0.2, 0) is 11.3 Å². The van der Waals surface area contributed by atoms with E-state index in [2.05, 4.69) is 15.6 Å². The number of esters is 1. The van der Waals surface area contributed by atoms with Crippen molar-refractivity contribution < 1.29 is 23.1 Å². The molecule has 0 spiro atoms. The van der Waals surface area contributed by atoms with Crippen molar-refractivity contribution in [2.75, 3.05) is 20.7 Å². The molecule has 2 rings (SSSR count). The minimum absolute atomic E-state index is 0. The Bertz CT molecular complexity index is 810. The highest BCUT2D eigenvalue weighted by molar-refractivity contribution is 14.0. The van der Waals surface area contributed by atoms with Crippen molar-refractivity contribution in [2.24, 2.45) is 4.99 Å². The van der Waals surface area contributed by atoms with E-state index in [9.17, 15) is 9.18 Å². The number of benzene rings is 1. The number of nitrogens with one attached hydrogen (secondary N) is 2. The molecule has 1 heterocycles. The molecule has 1 aromatic heterocycles. The lowest BCUT2D eigenvalue weighted by atomic mass is 10.2. The smallest absolute Gasteiger partial charge is 0.341 e. The Hall–Kier alpha value is -2.30. The molecule has 1 aromatic carbocycles. The molecular formula is C19H25FIN3O4. The van der Waals surface area contributed by atoms with Crippen LogP contribution in [0.4, 0.5) is 4.39 Å². The monoisotopic (exact) mass is 505 g/mol. The van der Waals surface area contributed by atoms with Crippen molar-refractivity contribution in [2.45, 2.75) is 26.5 Å². The van der Waals surface area contributed by atoms with Crippen LogP contribution in [0.2, 0.25) is 0 Å². The molecule has 0 radical (unpaired) electrons. The van der Waals surface area contributed by atoms with Gasteiger partial charge in [-0.15, -0.1) is 24.0 Å². The Labute approximate surface area is 180 Å². The summed E-state index contributed by atoms with van der Waals surface area (Å²) in [4.78, 5) is 15.7. The third-order valence-corrected chi connectivity index (χ3v) is 3.75. The van der Waals surface area contributed by atoms with Gasteiger partial charge in [0, 0.05) is 7.05 Å². The second kappa shape index (κ2) is 11.5. The van der Waals surface area contributed by atoms with Gasteiger partial charge in [0.25, 0.3) is 0 Å². The summed E-state index contributed by atoms with van der Waals surface area (Å²) >= 11 is 0. The van der Waals surface area contributed by atoms with Crippen LogP contribution in [-0.4, -0.2) is 38.7 Å². The molecule has 0 aliphatic rings. The quantitative estimate of drug-likeness (QED) is 0.260. The van der Waals surface area contributed by atoms with Gasteiger partial charge in [-0.25, -0.2) is 9.18 Å². The van der Waals surface area contributed by atoms with E-state index in [1.807, 2.05) is 6.92 Å². The van der Waals surface area contributed by atoms with Crippen molar-refractivity contribution in [3.05, 3.63) is 53.2 Å². The van der Waals surface area contributed by atoms with Gasteiger partial charge in [0.1, 0.15) is 23.2 Å². The van der Waals surface area contributed by atoms with Crippen LogP contribution < -0.4 is 15.4 Å². The van der Waals surface area contributed by atoms with E-state index >= 15 is 0 Å². The topological polar surface area (TPSA) is 85.1 Å². The van der Waals surface area contributed by atoms with E-state index in [0.717, 1.165) is 0 Å². The number of methoxy groups -OCH3 is 1. The molecule has 0 saturated carbocycles. The number of hydrogen-bond acceptors (Lipinski definition) is 5. The molecule has 0 bridgehead atoms. The zero-order valence-corrected chi connectivity index (χ0v) is 18.6. The lowest BCUT2D eigenvalue weighted by molar-refractivity contribution is 0.0599. The maximum atomic E-state index is 13.6. The van der Waals surface area contributed by atoms with Crippen LogP contribution in [0, 0.1) is 12.7 Å². The highest BCUT2D eigenvalue weighted by Crippen LogP contribution is 2.17. The number of furan rings is 1. The first-order valence-corrected chi connectivity index (χ1v) is 8.48. The summed E-state index contributed by atoms with van der Waals surface area (Å²) < 4.78 is 29.4. The van der Waals surface area contributed by atoms with Crippen molar-refractivity contribution in [3.8, 4) is 5.75 Å². The van der Waals surface area contributed by atoms with Gasteiger partial charge in [-0.1, -0.05) is 12.1 Å². The summed E-state index contributed by atoms with van der Waals surface area (Å²) in [5.74, 6) is 0.953. The third kappa shape index (κ3) is 6.70. The predicted molar refractivity (Wildman–Crippen MR) is 115 cm³/mol. The number of nitrogens with zero attached hydrogens (tertiary/aromatic N) is 1. The van der Waals surface area contributed by atoms with Crippen LogP contribution in [0.15, 0.2) is 39.7 Å². The van der Waals surface area contributed by atoms with Crippen LogP contribution in [0.1, 0.15) is 28.8 Å². The number of hydrogen-bond donors (Lipinski definition) is 2. The highest BCUT2D eigenvalue weighted by Gasteiger charge is 2.15. The Morgan fingerprint density at radius 1 is 1.32 bits per heavy atom. The maximum absolute atomic E-state index is 13.6. The summed E-state index contributed by atoms with van der Waals surface area (Å²) in [6.07, 6.45) is -0.280. The Kier molecular flexibility index (Phi) is 9.77. The largest absolute Gasteiger partial charge is 0.486 e. The van der Waals surface area contributed by atoms with Crippen LogP contribution in [0.25, 0.3) is 0 Å². The molecule has 2 N–H and O–H groups in total. The second-order valence-corrected chi connectivity index (χ2v) is 5.84. The van der Waals surface area contributed by atoms with Crippen molar-refractivity contribution in [1.29, 1.82) is 0 Å². The number of halogens is 2. The van der Waals surface area contributed by atoms with E-state index in [0.29, 0.717) is 36.1 Å². The van der Waals surface area contributed by atoms with Crippen molar-refractivity contribution in [3.63, 3.8) is 0 Å². The average molecular weight is 505 g/mol. The molecule has 0 aliphatic heterocycles. The SMILES string of the molecule is CN=C(NCc1cc(C(=O)OC)c(C)o1)NCC(C)Oc1ccccc1F.I. The first-order chi connectivity index (χ1) is 12.9. The van der Waals surface area contributed by atoms with Crippen LogP contribution in [0.5, 0.6) is 5.75 Å². The number of rotatable bonds is 7. The normalized spacial score (nSPS) is 12.0. The fourth-order valence-corrected chi connectivity index (χ4v) is 2.37. The first kappa shape index (κ1) is 23.7. The molecule has 2 aromatic rings. The first-order valence-electron chi connectivity index (χ1n) is 8.48. The predicted octanol–water partition coefficient (Wildman–Crippen LogP) is 3.26. The number of carbonyl (C=O) groups excluding carboxylic acids is 1. The fraction of sp³-hybridized carbons (Fsp3) is 0.368. The standard InChI is InChI=1S/C19H24FN3O4.HI/c1-12(26-17-8-6-5-7-16(17)20)10-22-19(21-3)23-11-14-9-15(13(2)27-14)18(24)25-4;/h5-9,12H,10-11H2,1-4H3,(H2,21,22,23);1H. The van der Waals surface area contributed by atoms with E-state index < -0.39 is 11.8 Å². The summed E-state index contributed by atoms with van der Waals surface area (Å²) in [5.41, 5.74) is 0.393. The molecule has 154 valence electrons. The van der Waals surface area contributed by atoms with Gasteiger partial charge in [-0.05, 0) is 32.0 Å². The Morgan fingerprint density at radius 3 is 2.68 bits per heavy atom. The summed E-state index contributed by atoms with van der Waals surface area (Å²) in [6.45, 7) is 4.27. The number of ether oxygens (including phenoxy) is 2. The third-order valence-electron chi connectivity index (χ3n) is 3.75.